The second kappa shape index (κ2) is 8.13. The van der Waals surface area contributed by atoms with Gasteiger partial charge in [-0.15, -0.1) is 0 Å². The molecule has 0 spiro atoms. The van der Waals surface area contributed by atoms with Gasteiger partial charge in [-0.3, -0.25) is 0 Å². The van der Waals surface area contributed by atoms with Gasteiger partial charge in [0.25, 0.3) is 0 Å². The normalized spacial score (nSPS) is 10.4. The van der Waals surface area contributed by atoms with Gasteiger partial charge in [-0.1, -0.05) is 12.1 Å². The summed E-state index contributed by atoms with van der Waals surface area (Å²) in [6, 6.07) is 8.10. The molecule has 0 saturated carbocycles. The van der Waals surface area contributed by atoms with Crippen molar-refractivity contribution in [1.82, 2.24) is 0 Å². The topological polar surface area (TPSA) is 44.5 Å². The molecule has 1 rings (SSSR count). The van der Waals surface area contributed by atoms with E-state index in [2.05, 4.69) is 13.0 Å². The summed E-state index contributed by atoms with van der Waals surface area (Å²) in [5.41, 5.74) is 6.54. The Hall–Kier alpha value is -1.06. The van der Waals surface area contributed by atoms with E-state index in [9.17, 15) is 0 Å². The van der Waals surface area contributed by atoms with Crippen LogP contribution in [-0.4, -0.2) is 26.4 Å². The molecule has 0 fully saturated rings. The van der Waals surface area contributed by atoms with E-state index in [4.69, 9.17) is 15.2 Å². The van der Waals surface area contributed by atoms with E-state index in [1.165, 1.54) is 5.56 Å². The molecule has 0 aromatic heterocycles. The minimum Gasteiger partial charge on any atom is -0.494 e. The van der Waals surface area contributed by atoms with Gasteiger partial charge in [0.15, 0.2) is 0 Å². The van der Waals surface area contributed by atoms with Gasteiger partial charge in [-0.2, -0.15) is 0 Å². The van der Waals surface area contributed by atoms with Crippen molar-refractivity contribution in [3.63, 3.8) is 0 Å². The van der Waals surface area contributed by atoms with Crippen LogP contribution in [0.4, 0.5) is 0 Å². The Morgan fingerprint density at radius 1 is 1.12 bits per heavy atom. The lowest BCUT2D eigenvalue weighted by Crippen LogP contribution is -2.09. The maximum absolute atomic E-state index is 5.61. The first-order valence-corrected chi connectivity index (χ1v) is 5.80. The summed E-state index contributed by atoms with van der Waals surface area (Å²) < 4.78 is 10.9. The fourth-order valence-corrected chi connectivity index (χ4v) is 1.39. The van der Waals surface area contributed by atoms with Gasteiger partial charge >= 0.3 is 0 Å². The fraction of sp³-hybridized carbons (Fsp3) is 0.538. The highest BCUT2D eigenvalue weighted by Gasteiger charge is 1.94. The molecule has 0 aliphatic heterocycles. The van der Waals surface area contributed by atoms with Gasteiger partial charge < -0.3 is 15.2 Å². The lowest BCUT2D eigenvalue weighted by atomic mass is 10.2. The minimum absolute atomic E-state index is 0.597. The molecule has 16 heavy (non-hydrogen) atoms. The van der Waals surface area contributed by atoms with Crippen molar-refractivity contribution < 1.29 is 9.47 Å². The Labute approximate surface area is 97.6 Å². The molecule has 0 heterocycles. The standard InChI is InChI=1S/C13H21NO2/c1-12-5-4-6-13(11-12)16-9-3-2-8-15-10-7-14/h4-6,11H,2-3,7-10,14H2,1H3. The molecule has 0 saturated heterocycles. The molecule has 2 N–H and O–H groups in total. The zero-order chi connectivity index (χ0) is 11.6. The zero-order valence-corrected chi connectivity index (χ0v) is 9.95. The molecule has 0 bridgehead atoms. The number of hydrogen-bond acceptors (Lipinski definition) is 3. The van der Waals surface area contributed by atoms with Crippen LogP contribution < -0.4 is 10.5 Å². The van der Waals surface area contributed by atoms with Crippen LogP contribution in [-0.2, 0) is 4.74 Å². The third-order valence-corrected chi connectivity index (χ3v) is 2.20. The number of aryl methyl sites for hydroxylation is 1. The van der Waals surface area contributed by atoms with Crippen molar-refractivity contribution in [2.75, 3.05) is 26.4 Å². The summed E-state index contributed by atoms with van der Waals surface area (Å²) in [7, 11) is 0. The monoisotopic (exact) mass is 223 g/mol. The molecular weight excluding hydrogens is 202 g/mol. The number of nitrogens with two attached hydrogens (primary N) is 1. The van der Waals surface area contributed by atoms with E-state index in [0.717, 1.165) is 31.8 Å². The molecule has 0 aliphatic carbocycles. The molecule has 3 nitrogen and oxygen atoms in total. The molecule has 3 heteroatoms. The lowest BCUT2D eigenvalue weighted by molar-refractivity contribution is 0.133. The van der Waals surface area contributed by atoms with Crippen LogP contribution >= 0.6 is 0 Å². The van der Waals surface area contributed by atoms with Gasteiger partial charge in [0.2, 0.25) is 0 Å². The van der Waals surface area contributed by atoms with E-state index < -0.39 is 0 Å². The SMILES string of the molecule is Cc1cccc(OCCCCOCCN)c1. The summed E-state index contributed by atoms with van der Waals surface area (Å²) in [6.07, 6.45) is 2.03. The second-order valence-corrected chi connectivity index (χ2v) is 3.77. The summed E-state index contributed by atoms with van der Waals surface area (Å²) in [5, 5.41) is 0. The largest absolute Gasteiger partial charge is 0.494 e. The fourth-order valence-electron chi connectivity index (χ4n) is 1.39. The van der Waals surface area contributed by atoms with Gasteiger partial charge in [-0.25, -0.2) is 0 Å². The van der Waals surface area contributed by atoms with Gasteiger partial charge in [0.1, 0.15) is 5.75 Å². The summed E-state index contributed by atoms with van der Waals surface area (Å²) in [6.45, 7) is 4.83. The smallest absolute Gasteiger partial charge is 0.119 e. The molecule has 1 aromatic carbocycles. The average molecular weight is 223 g/mol. The van der Waals surface area contributed by atoms with Crippen LogP contribution in [0.5, 0.6) is 5.75 Å². The van der Waals surface area contributed by atoms with Crippen molar-refractivity contribution in [3.8, 4) is 5.75 Å². The van der Waals surface area contributed by atoms with Crippen molar-refractivity contribution in [2.24, 2.45) is 5.73 Å². The Bertz CT molecular complexity index is 289. The summed E-state index contributed by atoms with van der Waals surface area (Å²) in [4.78, 5) is 0. The molecule has 0 amide bonds. The third kappa shape index (κ3) is 5.73. The first kappa shape index (κ1) is 13.0. The van der Waals surface area contributed by atoms with Crippen molar-refractivity contribution in [3.05, 3.63) is 29.8 Å². The molecule has 0 unspecified atom stereocenters. The maximum atomic E-state index is 5.61. The van der Waals surface area contributed by atoms with Crippen LogP contribution in [0.25, 0.3) is 0 Å². The van der Waals surface area contributed by atoms with E-state index >= 15 is 0 Å². The molecule has 0 atom stereocenters. The van der Waals surface area contributed by atoms with Crippen LogP contribution in [0.15, 0.2) is 24.3 Å². The van der Waals surface area contributed by atoms with Gasteiger partial charge in [-0.05, 0) is 37.5 Å². The van der Waals surface area contributed by atoms with Crippen LogP contribution in [0.2, 0.25) is 0 Å². The number of unbranched alkanes of at least 4 members (excludes halogenated alkanes) is 1. The van der Waals surface area contributed by atoms with Crippen molar-refractivity contribution in [2.45, 2.75) is 19.8 Å². The first-order chi connectivity index (χ1) is 7.83. The highest BCUT2D eigenvalue weighted by atomic mass is 16.5. The Morgan fingerprint density at radius 3 is 2.69 bits per heavy atom. The van der Waals surface area contributed by atoms with Gasteiger partial charge in [0, 0.05) is 13.2 Å². The molecule has 90 valence electrons. The van der Waals surface area contributed by atoms with Crippen LogP contribution in [0.1, 0.15) is 18.4 Å². The predicted octanol–water partition coefficient (Wildman–Crippen LogP) is 2.13. The average Bonchev–Trinajstić information content (AvgIpc) is 2.28. The number of hydrogen-bond donors (Lipinski definition) is 1. The quantitative estimate of drug-likeness (QED) is 0.687. The first-order valence-electron chi connectivity index (χ1n) is 5.80. The predicted molar refractivity (Wildman–Crippen MR) is 65.8 cm³/mol. The zero-order valence-electron chi connectivity index (χ0n) is 9.95. The summed E-state index contributed by atoms with van der Waals surface area (Å²) in [5.74, 6) is 0.947. The molecule has 1 aromatic rings. The molecule has 0 radical (unpaired) electrons. The van der Waals surface area contributed by atoms with Crippen molar-refractivity contribution >= 4 is 0 Å². The third-order valence-electron chi connectivity index (χ3n) is 2.20. The lowest BCUT2D eigenvalue weighted by Gasteiger charge is -2.06. The Morgan fingerprint density at radius 2 is 1.94 bits per heavy atom. The molecular formula is C13H21NO2. The maximum Gasteiger partial charge on any atom is 0.119 e. The van der Waals surface area contributed by atoms with E-state index in [1.54, 1.807) is 0 Å². The second-order valence-electron chi connectivity index (χ2n) is 3.77. The highest BCUT2D eigenvalue weighted by Crippen LogP contribution is 2.12. The number of benzene rings is 1. The van der Waals surface area contributed by atoms with E-state index in [1.807, 2.05) is 18.2 Å². The van der Waals surface area contributed by atoms with Crippen molar-refractivity contribution in [1.29, 1.82) is 0 Å². The van der Waals surface area contributed by atoms with E-state index in [0.29, 0.717) is 13.2 Å². The highest BCUT2D eigenvalue weighted by molar-refractivity contribution is 5.27. The van der Waals surface area contributed by atoms with Crippen LogP contribution in [0, 0.1) is 6.92 Å². The summed E-state index contributed by atoms with van der Waals surface area (Å²) >= 11 is 0. The number of rotatable bonds is 8. The van der Waals surface area contributed by atoms with Gasteiger partial charge in [0.05, 0.1) is 13.2 Å². The minimum atomic E-state index is 0.597. The van der Waals surface area contributed by atoms with Crippen LogP contribution in [0.3, 0.4) is 0 Å². The molecule has 0 aliphatic rings. The Balaban J connectivity index is 2.03. The van der Waals surface area contributed by atoms with E-state index in [-0.39, 0.29) is 0 Å². The number of ether oxygens (including phenoxy) is 2. The Kier molecular flexibility index (Phi) is 6.61.